The Labute approximate surface area is 120 Å². The summed E-state index contributed by atoms with van der Waals surface area (Å²) in [6.07, 6.45) is 4.52. The zero-order valence-corrected chi connectivity index (χ0v) is 12.5. The second-order valence-electron chi connectivity index (χ2n) is 5.51. The highest BCUT2D eigenvalue weighted by molar-refractivity contribution is 6.30. The van der Waals surface area contributed by atoms with Crippen molar-refractivity contribution in [2.75, 3.05) is 13.1 Å². The Morgan fingerprint density at radius 2 is 1.79 bits per heavy atom. The van der Waals surface area contributed by atoms with Gasteiger partial charge in [-0.2, -0.15) is 0 Å². The number of likely N-dealkylation sites (tertiary alicyclic amines) is 1. The van der Waals surface area contributed by atoms with Crippen molar-refractivity contribution in [1.29, 1.82) is 0 Å². The Morgan fingerprint density at radius 3 is 2.32 bits per heavy atom. The minimum Gasteiger partial charge on any atom is -0.292 e. The minimum atomic E-state index is -0.381. The monoisotopic (exact) mass is 279 g/mol. The van der Waals surface area contributed by atoms with E-state index in [4.69, 9.17) is 11.6 Å². The maximum absolute atomic E-state index is 12.8. The molecule has 0 radical (unpaired) electrons. The van der Waals surface area contributed by atoms with Crippen LogP contribution >= 0.6 is 11.6 Å². The standard InChI is InChI=1S/C16H22ClNO/c1-3-16(2,18-11-5-4-6-12-18)15(19)13-7-9-14(17)10-8-13/h7-10H,3-6,11-12H2,1-2H3. The molecule has 19 heavy (non-hydrogen) atoms. The molecule has 0 amide bonds. The first-order chi connectivity index (χ1) is 9.08. The number of carbonyl (C=O) groups is 1. The van der Waals surface area contributed by atoms with Crippen molar-refractivity contribution < 1.29 is 4.79 Å². The number of halogens is 1. The number of hydrogen-bond donors (Lipinski definition) is 0. The van der Waals surface area contributed by atoms with E-state index in [1.54, 1.807) is 12.1 Å². The molecule has 2 nitrogen and oxygen atoms in total. The number of benzene rings is 1. The van der Waals surface area contributed by atoms with E-state index in [9.17, 15) is 4.79 Å². The van der Waals surface area contributed by atoms with Crippen LogP contribution in [-0.4, -0.2) is 29.3 Å². The Hall–Kier alpha value is -0.860. The summed E-state index contributed by atoms with van der Waals surface area (Å²) in [6, 6.07) is 7.26. The van der Waals surface area contributed by atoms with E-state index in [2.05, 4.69) is 18.7 Å². The normalized spacial score (nSPS) is 19.9. The van der Waals surface area contributed by atoms with Gasteiger partial charge in [0.15, 0.2) is 5.78 Å². The average Bonchev–Trinajstić information content (AvgIpc) is 2.47. The van der Waals surface area contributed by atoms with Gasteiger partial charge in [-0.3, -0.25) is 9.69 Å². The summed E-state index contributed by atoms with van der Waals surface area (Å²) < 4.78 is 0. The van der Waals surface area contributed by atoms with Gasteiger partial charge >= 0.3 is 0 Å². The number of Topliss-reactive ketones (excluding diaryl/α,β-unsaturated/α-hetero) is 1. The van der Waals surface area contributed by atoms with Gasteiger partial charge in [0.05, 0.1) is 5.54 Å². The van der Waals surface area contributed by atoms with Gasteiger partial charge in [0.25, 0.3) is 0 Å². The van der Waals surface area contributed by atoms with Crippen molar-refractivity contribution in [1.82, 2.24) is 4.90 Å². The predicted molar refractivity (Wildman–Crippen MR) is 79.9 cm³/mol. The molecule has 1 aliphatic rings. The van der Waals surface area contributed by atoms with Gasteiger partial charge in [0, 0.05) is 10.6 Å². The van der Waals surface area contributed by atoms with Crippen LogP contribution in [0.2, 0.25) is 5.02 Å². The third kappa shape index (κ3) is 3.01. The van der Waals surface area contributed by atoms with Crippen LogP contribution in [0.15, 0.2) is 24.3 Å². The highest BCUT2D eigenvalue weighted by Gasteiger charge is 2.38. The fourth-order valence-electron chi connectivity index (χ4n) is 2.83. The van der Waals surface area contributed by atoms with Crippen molar-refractivity contribution in [2.24, 2.45) is 0 Å². The third-order valence-electron chi connectivity index (χ3n) is 4.34. The first-order valence-electron chi connectivity index (χ1n) is 7.13. The summed E-state index contributed by atoms with van der Waals surface area (Å²) in [4.78, 5) is 15.2. The predicted octanol–water partition coefficient (Wildman–Crippen LogP) is 4.18. The van der Waals surface area contributed by atoms with Crippen molar-refractivity contribution in [3.63, 3.8) is 0 Å². The molecule has 1 aliphatic heterocycles. The molecule has 0 saturated carbocycles. The van der Waals surface area contributed by atoms with Crippen molar-refractivity contribution >= 4 is 17.4 Å². The molecule has 1 saturated heterocycles. The van der Waals surface area contributed by atoms with Crippen LogP contribution in [0.5, 0.6) is 0 Å². The van der Waals surface area contributed by atoms with Crippen molar-refractivity contribution in [2.45, 2.75) is 45.1 Å². The molecule has 1 atom stereocenters. The van der Waals surface area contributed by atoms with Crippen LogP contribution in [0, 0.1) is 0 Å². The second-order valence-corrected chi connectivity index (χ2v) is 5.95. The van der Waals surface area contributed by atoms with Gasteiger partial charge in [-0.25, -0.2) is 0 Å². The van der Waals surface area contributed by atoms with E-state index in [1.807, 2.05) is 12.1 Å². The Morgan fingerprint density at radius 1 is 1.21 bits per heavy atom. The molecule has 0 aliphatic carbocycles. The number of hydrogen-bond acceptors (Lipinski definition) is 2. The third-order valence-corrected chi connectivity index (χ3v) is 4.59. The first-order valence-corrected chi connectivity index (χ1v) is 7.51. The minimum absolute atomic E-state index is 0.216. The molecular weight excluding hydrogens is 258 g/mol. The average molecular weight is 280 g/mol. The summed E-state index contributed by atoms with van der Waals surface area (Å²) in [5.74, 6) is 0.216. The first kappa shape index (κ1) is 14.5. The van der Waals surface area contributed by atoms with Crippen LogP contribution in [0.25, 0.3) is 0 Å². The maximum atomic E-state index is 12.8. The molecule has 1 aromatic rings. The highest BCUT2D eigenvalue weighted by Crippen LogP contribution is 2.28. The van der Waals surface area contributed by atoms with Gasteiger partial charge in [-0.1, -0.05) is 24.9 Å². The topological polar surface area (TPSA) is 20.3 Å². The Kier molecular flexibility index (Phi) is 4.64. The van der Waals surface area contributed by atoms with Crippen LogP contribution in [0.3, 0.4) is 0 Å². The summed E-state index contributed by atoms with van der Waals surface area (Å²) in [5.41, 5.74) is 0.383. The number of piperidine rings is 1. The Balaban J connectivity index is 2.24. The van der Waals surface area contributed by atoms with Crippen molar-refractivity contribution in [3.05, 3.63) is 34.9 Å². The lowest BCUT2D eigenvalue weighted by atomic mass is 9.85. The van der Waals surface area contributed by atoms with E-state index in [0.29, 0.717) is 5.02 Å². The Bertz CT molecular complexity index is 437. The lowest BCUT2D eigenvalue weighted by Crippen LogP contribution is -2.53. The molecule has 0 aromatic heterocycles. The molecule has 1 heterocycles. The van der Waals surface area contributed by atoms with E-state index >= 15 is 0 Å². The van der Waals surface area contributed by atoms with Crippen LogP contribution in [-0.2, 0) is 0 Å². The van der Waals surface area contributed by atoms with Crippen LogP contribution < -0.4 is 0 Å². The molecule has 0 N–H and O–H groups in total. The maximum Gasteiger partial charge on any atom is 0.182 e. The summed E-state index contributed by atoms with van der Waals surface area (Å²) in [6.45, 7) is 6.24. The number of ketones is 1. The van der Waals surface area contributed by atoms with Gasteiger partial charge in [0.2, 0.25) is 0 Å². The highest BCUT2D eigenvalue weighted by atomic mass is 35.5. The quantitative estimate of drug-likeness (QED) is 0.771. The second kappa shape index (κ2) is 6.06. The molecule has 2 rings (SSSR count). The molecule has 1 unspecified atom stereocenters. The van der Waals surface area contributed by atoms with Gasteiger partial charge in [-0.05, 0) is 63.5 Å². The summed E-state index contributed by atoms with van der Waals surface area (Å²) in [5, 5.41) is 0.674. The molecule has 0 bridgehead atoms. The lowest BCUT2D eigenvalue weighted by Gasteiger charge is -2.41. The number of rotatable bonds is 4. The van der Waals surface area contributed by atoms with Gasteiger partial charge in [-0.15, -0.1) is 0 Å². The fourth-order valence-corrected chi connectivity index (χ4v) is 2.95. The number of nitrogens with zero attached hydrogens (tertiary/aromatic N) is 1. The largest absolute Gasteiger partial charge is 0.292 e. The van der Waals surface area contributed by atoms with E-state index < -0.39 is 0 Å². The van der Waals surface area contributed by atoms with E-state index in [1.165, 1.54) is 19.3 Å². The summed E-state index contributed by atoms with van der Waals surface area (Å²) >= 11 is 5.89. The SMILES string of the molecule is CCC(C)(C(=O)c1ccc(Cl)cc1)N1CCCCC1. The van der Waals surface area contributed by atoms with Crippen LogP contribution in [0.1, 0.15) is 49.9 Å². The van der Waals surface area contributed by atoms with Crippen molar-refractivity contribution in [3.8, 4) is 0 Å². The zero-order valence-electron chi connectivity index (χ0n) is 11.8. The van der Waals surface area contributed by atoms with Gasteiger partial charge in [0.1, 0.15) is 0 Å². The van der Waals surface area contributed by atoms with Gasteiger partial charge < -0.3 is 0 Å². The molecular formula is C16H22ClNO. The lowest BCUT2D eigenvalue weighted by molar-refractivity contribution is 0.0505. The smallest absolute Gasteiger partial charge is 0.182 e. The number of carbonyl (C=O) groups excluding carboxylic acids is 1. The molecule has 104 valence electrons. The van der Waals surface area contributed by atoms with E-state index in [-0.39, 0.29) is 11.3 Å². The van der Waals surface area contributed by atoms with Crippen LogP contribution in [0.4, 0.5) is 0 Å². The molecule has 1 aromatic carbocycles. The summed E-state index contributed by atoms with van der Waals surface area (Å²) in [7, 11) is 0. The zero-order chi connectivity index (χ0) is 13.9. The fraction of sp³-hybridized carbons (Fsp3) is 0.562. The molecule has 1 fully saturated rings. The molecule has 0 spiro atoms. The molecule has 3 heteroatoms. The van der Waals surface area contributed by atoms with E-state index in [0.717, 1.165) is 25.1 Å².